The summed E-state index contributed by atoms with van der Waals surface area (Å²) >= 11 is 0. The van der Waals surface area contributed by atoms with Gasteiger partial charge in [0.05, 0.1) is 12.3 Å². The van der Waals surface area contributed by atoms with Gasteiger partial charge in [-0.2, -0.15) is 4.31 Å². The molecule has 0 saturated heterocycles. The van der Waals surface area contributed by atoms with E-state index in [1.807, 2.05) is 6.07 Å². The van der Waals surface area contributed by atoms with Gasteiger partial charge in [-0.15, -0.1) is 0 Å². The number of hydrogen-bond donors (Lipinski definition) is 1. The van der Waals surface area contributed by atoms with Crippen molar-refractivity contribution in [3.8, 4) is 0 Å². The predicted octanol–water partition coefficient (Wildman–Crippen LogP) is 1.93. The Morgan fingerprint density at radius 1 is 1.21 bits per heavy atom. The molecule has 1 heterocycles. The number of likely N-dealkylation sites (N-methyl/N-ethyl adjacent to an activating group) is 1. The molecule has 2 aromatic rings. The third-order valence-electron chi connectivity index (χ3n) is 3.73. The van der Waals surface area contributed by atoms with Crippen molar-refractivity contribution in [2.75, 3.05) is 20.2 Å². The molecule has 150 valence electrons. The Labute approximate surface area is 163 Å². The van der Waals surface area contributed by atoms with Gasteiger partial charge in [-0.05, 0) is 30.7 Å². The van der Waals surface area contributed by atoms with E-state index in [-0.39, 0.29) is 6.04 Å². The average Bonchev–Trinajstić information content (AvgIpc) is 3.20. The highest BCUT2D eigenvalue weighted by atomic mass is 32.2. The molecule has 0 spiro atoms. The Morgan fingerprint density at radius 3 is 2.57 bits per heavy atom. The lowest BCUT2D eigenvalue weighted by Gasteiger charge is -2.15. The maximum Gasteiger partial charge on any atom is 0.321 e. The Kier molecular flexibility index (Phi) is 7.53. The summed E-state index contributed by atoms with van der Waals surface area (Å²) in [6.45, 7) is 0.693. The molecule has 0 unspecified atom stereocenters. The monoisotopic (exact) mass is 406 g/mol. The van der Waals surface area contributed by atoms with Gasteiger partial charge in [-0.25, -0.2) is 8.42 Å². The number of carbonyl (C=O) groups is 2. The van der Waals surface area contributed by atoms with Gasteiger partial charge in [0.15, 0.2) is 6.61 Å². The van der Waals surface area contributed by atoms with Crippen molar-refractivity contribution in [2.24, 2.45) is 0 Å². The van der Waals surface area contributed by atoms with Crippen molar-refractivity contribution < 1.29 is 27.2 Å². The van der Waals surface area contributed by atoms with Gasteiger partial charge in [0.2, 0.25) is 10.0 Å². The summed E-state index contributed by atoms with van der Waals surface area (Å²) in [6.07, 6.45) is 2.92. The second-order valence-corrected chi connectivity index (χ2v) is 7.91. The van der Waals surface area contributed by atoms with Crippen molar-refractivity contribution in [1.29, 1.82) is 0 Å². The highest BCUT2D eigenvalue weighted by molar-refractivity contribution is 7.92. The molecule has 9 heteroatoms. The largest absolute Gasteiger partial charge is 0.467 e. The summed E-state index contributed by atoms with van der Waals surface area (Å²) in [5, 5.41) is 3.61. The Hall–Kier alpha value is -2.91. The van der Waals surface area contributed by atoms with Gasteiger partial charge in [-0.3, -0.25) is 9.59 Å². The van der Waals surface area contributed by atoms with Crippen LogP contribution in [0.1, 0.15) is 24.3 Å². The average molecular weight is 406 g/mol. The van der Waals surface area contributed by atoms with Gasteiger partial charge in [0.25, 0.3) is 5.91 Å². The molecule has 1 atom stereocenters. The van der Waals surface area contributed by atoms with Crippen LogP contribution in [0, 0.1) is 0 Å². The molecule has 0 fully saturated rings. The van der Waals surface area contributed by atoms with Crippen LogP contribution in [0.25, 0.3) is 6.08 Å². The summed E-state index contributed by atoms with van der Waals surface area (Å²) in [4.78, 5) is 23.7. The van der Waals surface area contributed by atoms with Crippen molar-refractivity contribution in [3.63, 3.8) is 0 Å². The van der Waals surface area contributed by atoms with E-state index < -0.39 is 35.1 Å². The molecule has 0 aliphatic heterocycles. The zero-order valence-corrected chi connectivity index (χ0v) is 16.4. The number of sulfonamides is 1. The van der Waals surface area contributed by atoms with E-state index in [1.54, 1.807) is 43.3 Å². The molecule has 2 rings (SSSR count). The number of nitrogens with one attached hydrogen (secondary N) is 1. The smallest absolute Gasteiger partial charge is 0.321 e. The van der Waals surface area contributed by atoms with E-state index in [9.17, 15) is 18.0 Å². The number of hydrogen-bond acceptors (Lipinski definition) is 6. The SMILES string of the molecule is C[C@H](NC(=O)COC(=O)CN(C)S(=O)(=O)/C=C/c1ccccc1)c1ccco1. The van der Waals surface area contributed by atoms with Gasteiger partial charge in [0, 0.05) is 12.5 Å². The number of furan rings is 1. The lowest BCUT2D eigenvalue weighted by Crippen LogP contribution is -2.35. The summed E-state index contributed by atoms with van der Waals surface area (Å²) in [5.74, 6) is -0.789. The first kappa shape index (κ1) is 21.4. The van der Waals surface area contributed by atoms with Crippen molar-refractivity contribution in [2.45, 2.75) is 13.0 Å². The normalized spacial score (nSPS) is 12.8. The molecule has 0 aliphatic rings. The molecular weight excluding hydrogens is 384 g/mol. The minimum atomic E-state index is -3.80. The minimum absolute atomic E-state index is 0.382. The Balaban J connectivity index is 1.79. The van der Waals surface area contributed by atoms with Crippen molar-refractivity contribution in [3.05, 3.63) is 65.5 Å². The van der Waals surface area contributed by atoms with Crippen LogP contribution in [-0.2, 0) is 24.3 Å². The van der Waals surface area contributed by atoms with Gasteiger partial charge < -0.3 is 14.5 Å². The van der Waals surface area contributed by atoms with Crippen LogP contribution in [0.5, 0.6) is 0 Å². The second-order valence-electron chi connectivity index (χ2n) is 5.98. The molecule has 0 saturated carbocycles. The van der Waals surface area contributed by atoms with E-state index in [2.05, 4.69) is 5.32 Å². The minimum Gasteiger partial charge on any atom is -0.467 e. The third kappa shape index (κ3) is 6.67. The molecule has 28 heavy (non-hydrogen) atoms. The molecule has 1 amide bonds. The molecule has 1 aromatic heterocycles. The fourth-order valence-electron chi connectivity index (χ4n) is 2.19. The number of ether oxygens (including phenoxy) is 1. The van der Waals surface area contributed by atoms with Crippen molar-refractivity contribution >= 4 is 28.0 Å². The van der Waals surface area contributed by atoms with Gasteiger partial charge >= 0.3 is 5.97 Å². The second kappa shape index (κ2) is 9.86. The summed E-state index contributed by atoms with van der Waals surface area (Å²) in [6, 6.07) is 11.9. The van der Waals surface area contributed by atoms with Crippen LogP contribution in [-0.4, -0.2) is 44.8 Å². The van der Waals surface area contributed by atoms with Crippen LogP contribution in [0.4, 0.5) is 0 Å². The molecule has 1 N–H and O–H groups in total. The summed E-state index contributed by atoms with van der Waals surface area (Å²) in [7, 11) is -2.55. The number of benzene rings is 1. The van der Waals surface area contributed by atoms with E-state index in [4.69, 9.17) is 9.15 Å². The summed E-state index contributed by atoms with van der Waals surface area (Å²) < 4.78 is 35.2. The first-order chi connectivity index (χ1) is 13.3. The molecule has 0 bridgehead atoms. The lowest BCUT2D eigenvalue weighted by molar-refractivity contribution is -0.148. The maximum absolute atomic E-state index is 12.2. The third-order valence-corrected chi connectivity index (χ3v) is 5.21. The Morgan fingerprint density at radius 2 is 1.93 bits per heavy atom. The maximum atomic E-state index is 12.2. The van der Waals surface area contributed by atoms with E-state index in [0.29, 0.717) is 11.3 Å². The number of nitrogens with zero attached hydrogens (tertiary/aromatic N) is 1. The van der Waals surface area contributed by atoms with E-state index in [1.165, 1.54) is 19.4 Å². The fourth-order valence-corrected chi connectivity index (χ4v) is 3.01. The first-order valence-electron chi connectivity index (χ1n) is 8.46. The molecule has 1 aromatic carbocycles. The van der Waals surface area contributed by atoms with Crippen LogP contribution < -0.4 is 5.32 Å². The van der Waals surface area contributed by atoms with Crippen LogP contribution >= 0.6 is 0 Å². The number of amides is 1. The van der Waals surface area contributed by atoms with Crippen LogP contribution in [0.3, 0.4) is 0 Å². The zero-order valence-electron chi connectivity index (χ0n) is 15.6. The molecule has 0 aliphatic carbocycles. The highest BCUT2D eigenvalue weighted by Gasteiger charge is 2.20. The quantitative estimate of drug-likeness (QED) is 0.638. The van der Waals surface area contributed by atoms with Gasteiger partial charge in [0.1, 0.15) is 12.3 Å². The number of carbonyl (C=O) groups excluding carboxylic acids is 2. The molecule has 8 nitrogen and oxygen atoms in total. The predicted molar refractivity (Wildman–Crippen MR) is 103 cm³/mol. The van der Waals surface area contributed by atoms with Crippen LogP contribution in [0.2, 0.25) is 0 Å². The van der Waals surface area contributed by atoms with Crippen LogP contribution in [0.15, 0.2) is 58.6 Å². The lowest BCUT2D eigenvalue weighted by atomic mass is 10.2. The molecular formula is C19H22N2O6S. The van der Waals surface area contributed by atoms with Gasteiger partial charge in [-0.1, -0.05) is 30.3 Å². The zero-order chi connectivity index (χ0) is 20.6. The van der Waals surface area contributed by atoms with Crippen molar-refractivity contribution in [1.82, 2.24) is 9.62 Å². The highest BCUT2D eigenvalue weighted by Crippen LogP contribution is 2.11. The fraction of sp³-hybridized carbons (Fsp3) is 0.263. The molecule has 0 radical (unpaired) electrons. The standard InChI is InChI=1S/C19H22N2O6S/c1-15(17-9-6-11-26-17)20-18(22)14-27-19(23)13-21(2)28(24,25)12-10-16-7-4-3-5-8-16/h3-12,15H,13-14H2,1-2H3,(H,20,22)/b12-10+/t15-/m0/s1. The number of rotatable bonds is 9. The number of esters is 1. The first-order valence-corrected chi connectivity index (χ1v) is 9.96. The Bertz CT molecular complexity index is 907. The van der Waals surface area contributed by atoms with E-state index in [0.717, 1.165) is 9.71 Å². The topological polar surface area (TPSA) is 106 Å². The summed E-state index contributed by atoms with van der Waals surface area (Å²) in [5.41, 5.74) is 0.712. The van der Waals surface area contributed by atoms with E-state index >= 15 is 0 Å².